The number of anilines is 1. The number of ether oxygens (including phenoxy) is 1. The molecule has 1 atom stereocenters. The second kappa shape index (κ2) is 16.7. The van der Waals surface area contributed by atoms with Crippen LogP contribution in [0.25, 0.3) is 0 Å². The number of piperidine rings is 2. The number of urea groups is 1. The fourth-order valence-corrected chi connectivity index (χ4v) is 7.54. The van der Waals surface area contributed by atoms with Gasteiger partial charge in [0.15, 0.2) is 6.10 Å². The smallest absolute Gasteiger partial charge is 0.410 e. The van der Waals surface area contributed by atoms with Gasteiger partial charge in [0.1, 0.15) is 0 Å². The molecule has 0 spiro atoms. The van der Waals surface area contributed by atoms with Gasteiger partial charge in [0, 0.05) is 56.9 Å². The minimum atomic E-state index is -0.884. The maximum absolute atomic E-state index is 14.0. The molecule has 2 fully saturated rings. The number of nitrogens with one attached hydrogen (secondary N) is 1. The van der Waals surface area contributed by atoms with Gasteiger partial charge in [0.05, 0.1) is 0 Å². The first kappa shape index (κ1) is 35.7. The lowest BCUT2D eigenvalue weighted by atomic mass is 9.99. The van der Waals surface area contributed by atoms with Crippen molar-refractivity contribution in [3.05, 3.63) is 64.7 Å². The molecule has 0 aliphatic carbocycles. The molecule has 0 bridgehead atoms. The van der Waals surface area contributed by atoms with E-state index in [9.17, 15) is 14.4 Å². The van der Waals surface area contributed by atoms with Gasteiger partial charge in [-0.1, -0.05) is 54.4 Å². The van der Waals surface area contributed by atoms with Crippen molar-refractivity contribution < 1.29 is 19.1 Å². The summed E-state index contributed by atoms with van der Waals surface area (Å²) in [5.74, 6) is -0.108. The number of rotatable bonds is 11. The van der Waals surface area contributed by atoms with E-state index in [1.807, 2.05) is 41.8 Å². The second-order valence-electron chi connectivity index (χ2n) is 14.1. The van der Waals surface area contributed by atoms with E-state index < -0.39 is 12.2 Å². The third-order valence-corrected chi connectivity index (χ3v) is 10.5. The number of benzene rings is 2. The normalized spacial score (nSPS) is 18.5. The van der Waals surface area contributed by atoms with E-state index in [2.05, 4.69) is 60.4 Å². The number of para-hydroxylation sites is 1. The van der Waals surface area contributed by atoms with Crippen LogP contribution < -0.4 is 5.32 Å². The standard InChI is InChI=1S/C38H56N6O4/c1-6-40(4)17-9-18-41(5)32-13-19-42(20-14-32)36(45)35(27-30-25-28(2)24-29(3)26-30)48-38(47)43-21-15-33(16-22-43)44-23-12-31-10-7-8-11-34(31)39-37(44)46/h7-8,10-11,24-26,32-33,35H,6,9,12-23,27H2,1-5H3,(H,39,46)/t35-/m1/s1. The van der Waals surface area contributed by atoms with Gasteiger partial charge in [-0.05, 0) is 103 Å². The predicted octanol–water partition coefficient (Wildman–Crippen LogP) is 5.17. The monoisotopic (exact) mass is 660 g/mol. The average molecular weight is 661 g/mol. The van der Waals surface area contributed by atoms with Crippen LogP contribution in [-0.2, 0) is 22.4 Å². The maximum atomic E-state index is 14.0. The highest BCUT2D eigenvalue weighted by molar-refractivity contribution is 5.91. The first-order valence-corrected chi connectivity index (χ1v) is 18.0. The van der Waals surface area contributed by atoms with Crippen molar-refractivity contribution in [2.45, 2.75) is 83.9 Å². The molecule has 262 valence electrons. The molecule has 0 aromatic heterocycles. The molecule has 5 rings (SSSR count). The average Bonchev–Trinajstić information content (AvgIpc) is 3.25. The zero-order valence-corrected chi connectivity index (χ0v) is 29.7. The summed E-state index contributed by atoms with van der Waals surface area (Å²) in [5, 5.41) is 3.06. The van der Waals surface area contributed by atoms with Gasteiger partial charge in [0.25, 0.3) is 5.91 Å². The van der Waals surface area contributed by atoms with Gasteiger partial charge in [-0.25, -0.2) is 9.59 Å². The highest BCUT2D eigenvalue weighted by Gasteiger charge is 2.36. The Morgan fingerprint density at radius 2 is 1.58 bits per heavy atom. The Bertz CT molecular complexity index is 1380. The van der Waals surface area contributed by atoms with Gasteiger partial charge in [-0.2, -0.15) is 0 Å². The third kappa shape index (κ3) is 9.29. The molecule has 10 heteroatoms. The van der Waals surface area contributed by atoms with Crippen LogP contribution in [0.3, 0.4) is 0 Å². The van der Waals surface area contributed by atoms with E-state index in [1.54, 1.807) is 4.90 Å². The Balaban J connectivity index is 1.18. The molecular weight excluding hydrogens is 604 g/mol. The van der Waals surface area contributed by atoms with E-state index in [-0.39, 0.29) is 18.0 Å². The quantitative estimate of drug-likeness (QED) is 0.358. The van der Waals surface area contributed by atoms with Crippen LogP contribution >= 0.6 is 0 Å². The van der Waals surface area contributed by atoms with Crippen molar-refractivity contribution in [1.29, 1.82) is 0 Å². The number of nitrogens with zero attached hydrogens (tertiary/aromatic N) is 5. The van der Waals surface area contributed by atoms with Crippen LogP contribution in [0.1, 0.15) is 61.3 Å². The zero-order chi connectivity index (χ0) is 34.2. The number of aryl methyl sites for hydroxylation is 2. The Labute approximate surface area is 287 Å². The molecule has 4 amide bonds. The van der Waals surface area contributed by atoms with Crippen molar-refractivity contribution >= 4 is 23.7 Å². The number of hydrogen-bond acceptors (Lipinski definition) is 6. The van der Waals surface area contributed by atoms with E-state index in [4.69, 9.17) is 4.74 Å². The first-order valence-electron chi connectivity index (χ1n) is 18.0. The highest BCUT2D eigenvalue weighted by atomic mass is 16.6. The molecule has 0 saturated carbocycles. The summed E-state index contributed by atoms with van der Waals surface area (Å²) in [7, 11) is 4.35. The van der Waals surface area contributed by atoms with Gasteiger partial charge >= 0.3 is 12.1 Å². The number of fused-ring (bicyclic) bond motifs is 1. The SMILES string of the molecule is CCN(C)CCCN(C)C1CCN(C(=O)[C@@H](Cc2cc(C)cc(C)c2)OC(=O)N2CCC(N3CCc4ccccc4NC3=O)CC2)CC1. The number of amides is 4. The summed E-state index contributed by atoms with van der Waals surface area (Å²) >= 11 is 0. The van der Waals surface area contributed by atoms with Crippen molar-refractivity contribution in [3.63, 3.8) is 0 Å². The highest BCUT2D eigenvalue weighted by Crippen LogP contribution is 2.26. The fraction of sp³-hybridized carbons (Fsp3) is 0.605. The Morgan fingerprint density at radius 1 is 0.917 bits per heavy atom. The van der Waals surface area contributed by atoms with Gasteiger partial charge < -0.3 is 34.6 Å². The molecular formula is C38H56N6O4. The zero-order valence-electron chi connectivity index (χ0n) is 29.7. The van der Waals surface area contributed by atoms with Gasteiger partial charge in [-0.3, -0.25) is 4.79 Å². The Kier molecular flexibility index (Phi) is 12.4. The summed E-state index contributed by atoms with van der Waals surface area (Å²) in [6.07, 6.45) is 4.11. The minimum Gasteiger partial charge on any atom is -0.436 e. The van der Waals surface area contributed by atoms with E-state index >= 15 is 0 Å². The summed E-state index contributed by atoms with van der Waals surface area (Å²) in [6.45, 7) is 12.4. The van der Waals surface area contributed by atoms with Crippen molar-refractivity contribution in [2.75, 3.05) is 71.8 Å². The minimum absolute atomic E-state index is 0.0445. The number of carbonyl (C=O) groups is 3. The van der Waals surface area contributed by atoms with Crippen molar-refractivity contribution in [2.24, 2.45) is 0 Å². The maximum Gasteiger partial charge on any atom is 0.410 e. The molecule has 2 aromatic rings. The van der Waals surface area contributed by atoms with E-state index in [0.717, 1.165) is 73.3 Å². The lowest BCUT2D eigenvalue weighted by Crippen LogP contribution is -2.52. The van der Waals surface area contributed by atoms with Gasteiger partial charge in [-0.15, -0.1) is 0 Å². The Hall–Kier alpha value is -3.63. The molecule has 0 unspecified atom stereocenters. The van der Waals surface area contributed by atoms with Gasteiger partial charge in [0.2, 0.25) is 0 Å². The number of hydrogen-bond donors (Lipinski definition) is 1. The molecule has 3 aliphatic rings. The van der Waals surface area contributed by atoms with Crippen LogP contribution in [0.2, 0.25) is 0 Å². The molecule has 3 heterocycles. The van der Waals surface area contributed by atoms with Crippen LogP contribution in [0.5, 0.6) is 0 Å². The molecule has 2 aromatic carbocycles. The van der Waals surface area contributed by atoms with Crippen LogP contribution in [-0.4, -0.2) is 127 Å². The molecule has 1 N–H and O–H groups in total. The summed E-state index contributed by atoms with van der Waals surface area (Å²) < 4.78 is 6.10. The summed E-state index contributed by atoms with van der Waals surface area (Å²) in [5.41, 5.74) is 5.26. The Morgan fingerprint density at radius 3 is 2.27 bits per heavy atom. The van der Waals surface area contributed by atoms with E-state index in [0.29, 0.717) is 58.0 Å². The van der Waals surface area contributed by atoms with Crippen LogP contribution in [0.4, 0.5) is 15.3 Å². The molecule has 48 heavy (non-hydrogen) atoms. The van der Waals surface area contributed by atoms with Crippen molar-refractivity contribution in [3.8, 4) is 0 Å². The second-order valence-corrected chi connectivity index (χ2v) is 14.1. The number of likely N-dealkylation sites (tertiary alicyclic amines) is 2. The predicted molar refractivity (Wildman–Crippen MR) is 190 cm³/mol. The fourth-order valence-electron chi connectivity index (χ4n) is 7.54. The lowest BCUT2D eigenvalue weighted by molar-refractivity contribution is -0.142. The molecule has 3 aliphatic heterocycles. The molecule has 2 saturated heterocycles. The van der Waals surface area contributed by atoms with Crippen LogP contribution in [0.15, 0.2) is 42.5 Å². The molecule has 10 nitrogen and oxygen atoms in total. The summed E-state index contributed by atoms with van der Waals surface area (Å²) in [6, 6.07) is 14.6. The topological polar surface area (TPSA) is 88.7 Å². The number of carbonyl (C=O) groups excluding carboxylic acids is 3. The largest absolute Gasteiger partial charge is 0.436 e. The van der Waals surface area contributed by atoms with Crippen LogP contribution in [0, 0.1) is 13.8 Å². The third-order valence-electron chi connectivity index (χ3n) is 10.5. The van der Waals surface area contributed by atoms with E-state index in [1.165, 1.54) is 0 Å². The first-order chi connectivity index (χ1) is 23.1. The molecule has 0 radical (unpaired) electrons. The lowest BCUT2D eigenvalue weighted by Gasteiger charge is -2.39. The van der Waals surface area contributed by atoms with Crippen molar-refractivity contribution in [1.82, 2.24) is 24.5 Å². The summed E-state index contributed by atoms with van der Waals surface area (Å²) in [4.78, 5) is 51.0.